The Balaban J connectivity index is 0.000000127. The zero-order valence-corrected chi connectivity index (χ0v) is 87.9. The highest BCUT2D eigenvalue weighted by Crippen LogP contribution is 2.33. The lowest BCUT2D eigenvalue weighted by Crippen LogP contribution is -2.39. The molecular weight excluding hydrogens is 1810 g/mol. The largest absolute Gasteiger partial charge is 0.497 e. The number of hydrogen-bond donors (Lipinski definition) is 5. The van der Waals surface area contributed by atoms with Crippen molar-refractivity contribution in [3.8, 4) is 5.75 Å². The Labute approximate surface area is 849 Å². The molecule has 0 aliphatic carbocycles. The van der Waals surface area contributed by atoms with Crippen LogP contribution in [0, 0.1) is 111 Å². The van der Waals surface area contributed by atoms with Gasteiger partial charge in [0.25, 0.3) is 0 Å². The monoisotopic (exact) mass is 1950 g/mol. The smallest absolute Gasteiger partial charge is 0.223 e. The van der Waals surface area contributed by atoms with E-state index in [1.807, 2.05) is 48.5 Å². The van der Waals surface area contributed by atoms with E-state index in [0.717, 1.165) is 296 Å². The quantitative estimate of drug-likeness (QED) is 0.0452. The van der Waals surface area contributed by atoms with Crippen LogP contribution in [0.1, 0.15) is 182 Å². The molecule has 0 atom stereocenters. The van der Waals surface area contributed by atoms with Gasteiger partial charge in [0.05, 0.1) is 63.2 Å². The van der Waals surface area contributed by atoms with Crippen LogP contribution in [0.4, 0.5) is 29.7 Å². The first-order chi connectivity index (χ1) is 67.9. The second kappa shape index (κ2) is 47.5. The minimum atomic E-state index is 0.408. The fourth-order valence-corrected chi connectivity index (χ4v) is 20.2. The van der Waals surface area contributed by atoms with Gasteiger partial charge in [-0.1, -0.05) is 119 Å². The summed E-state index contributed by atoms with van der Waals surface area (Å²) in [6.45, 7) is 49.5. The van der Waals surface area contributed by atoms with Gasteiger partial charge >= 0.3 is 0 Å². The first kappa shape index (κ1) is 102. The van der Waals surface area contributed by atoms with Crippen molar-refractivity contribution in [1.82, 2.24) is 74.3 Å². The summed E-state index contributed by atoms with van der Waals surface area (Å²) >= 11 is 18.4. The van der Waals surface area contributed by atoms with Crippen LogP contribution in [0.3, 0.4) is 0 Å². The zero-order chi connectivity index (χ0) is 99.1. The van der Waals surface area contributed by atoms with Gasteiger partial charge in [-0.2, -0.15) is 0 Å². The number of nitrogens with zero attached hydrogens (tertiary/aromatic N) is 15. The first-order valence-corrected chi connectivity index (χ1v) is 51.7. The van der Waals surface area contributed by atoms with Crippen molar-refractivity contribution in [2.24, 2.45) is 0 Å². The van der Waals surface area contributed by atoms with Crippen LogP contribution in [-0.2, 0) is 32.7 Å². The van der Waals surface area contributed by atoms with Gasteiger partial charge in [0.1, 0.15) is 5.75 Å². The molecule has 0 saturated carbocycles. The normalized spacial score (nSPS) is 15.8. The Hall–Kier alpha value is -11.6. The van der Waals surface area contributed by atoms with Gasteiger partial charge < -0.3 is 31.3 Å². The molecule has 5 saturated heterocycles. The van der Waals surface area contributed by atoms with Crippen LogP contribution in [0.25, 0.3) is 54.5 Å². The van der Waals surface area contributed by atoms with E-state index in [0.29, 0.717) is 30.2 Å². The Morgan fingerprint density at radius 1 is 0.255 bits per heavy atom. The van der Waals surface area contributed by atoms with E-state index in [-0.39, 0.29) is 0 Å². The summed E-state index contributed by atoms with van der Waals surface area (Å²) in [5.41, 5.74) is 31.0. The third kappa shape index (κ3) is 27.8. The van der Waals surface area contributed by atoms with E-state index in [2.05, 4.69) is 295 Å². The van der Waals surface area contributed by atoms with Crippen LogP contribution < -0.4 is 31.3 Å². The fraction of sp³-hybridized carbons (Fsp3) is 0.402. The average Bonchev–Trinajstić information content (AvgIpc) is 0.808. The highest BCUT2D eigenvalue weighted by Gasteiger charge is 2.28. The summed E-state index contributed by atoms with van der Waals surface area (Å²) in [5.74, 6) is 4.69. The van der Waals surface area contributed by atoms with Crippen molar-refractivity contribution in [3.05, 3.63) is 315 Å². The number of aryl methyl sites for hydroxylation is 16. The number of hydrogen-bond acceptors (Lipinski definition) is 21. The van der Waals surface area contributed by atoms with Gasteiger partial charge in [-0.3, -0.25) is 24.5 Å². The first-order valence-electron chi connectivity index (χ1n) is 50.6. The molecule has 5 fully saturated rings. The van der Waals surface area contributed by atoms with Gasteiger partial charge in [-0.25, -0.2) is 49.8 Å². The molecule has 0 radical (unpaired) electrons. The average molecular weight is 1950 g/mol. The molecule has 24 heteroatoms. The number of rotatable bonds is 21. The molecule has 15 aromatic rings. The molecule has 5 aliphatic heterocycles. The molecule has 0 amide bonds. The van der Waals surface area contributed by atoms with Gasteiger partial charge in [0.15, 0.2) is 0 Å². The third-order valence-corrected chi connectivity index (χ3v) is 30.0. The van der Waals surface area contributed by atoms with Crippen LogP contribution in [0.2, 0.25) is 15.1 Å². The second-order valence-corrected chi connectivity index (χ2v) is 41.4. The lowest BCUT2D eigenvalue weighted by atomic mass is 10.0. The van der Waals surface area contributed by atoms with E-state index >= 15 is 0 Å². The summed E-state index contributed by atoms with van der Waals surface area (Å²) < 4.78 is 5.24. The minimum Gasteiger partial charge on any atom is -0.497 e. The molecule has 5 aromatic heterocycles. The maximum atomic E-state index is 6.31. The summed E-state index contributed by atoms with van der Waals surface area (Å²) in [5, 5.41) is 26.1. The third-order valence-electron chi connectivity index (χ3n) is 29.2. The van der Waals surface area contributed by atoms with E-state index in [4.69, 9.17) is 89.4 Å². The maximum Gasteiger partial charge on any atom is 0.223 e. The maximum absolute atomic E-state index is 6.31. The van der Waals surface area contributed by atoms with E-state index in [1.165, 1.54) is 89.0 Å². The van der Waals surface area contributed by atoms with Crippen LogP contribution in [0.5, 0.6) is 5.75 Å². The van der Waals surface area contributed by atoms with Gasteiger partial charge in [-0.15, -0.1) is 0 Å². The molecule has 141 heavy (non-hydrogen) atoms. The van der Waals surface area contributed by atoms with Gasteiger partial charge in [0.2, 0.25) is 29.7 Å². The molecule has 0 spiro atoms. The molecule has 20 rings (SSSR count). The van der Waals surface area contributed by atoms with Crippen molar-refractivity contribution >= 4 is 119 Å². The highest BCUT2D eigenvalue weighted by atomic mass is 35.5. The fourth-order valence-electron chi connectivity index (χ4n) is 19.7. The molecule has 21 nitrogen and oxygen atoms in total. The number of nitrogens with one attached hydrogen (secondary N) is 5. The SMILES string of the molecule is COc1ccc(CN2CCC(Nc3nc(C)c4cc(C)c(C)cc4n3)CC2)cc1.Cc1cc2nc(NC3CCN(Cc4ccc(Cl)cc4)CC3)nc(C)c2cc1C.Cc1cc2nc(NC3CCN(Cc4cccc(Cl)c4)CC3)nc(C)c2cc1C.Cc1cc2nc(NC3CCN(Cc4ccccc4Cl)CC3)nc(C)c2cc1C.Cc1ccc(CN2CCC(Nc3nc(C)c4cc(C)c(C)cc4n3)CC2)cc1. The van der Waals surface area contributed by atoms with Crippen molar-refractivity contribution in [1.29, 1.82) is 0 Å². The lowest BCUT2D eigenvalue weighted by molar-refractivity contribution is 0.211. The molecule has 5 N–H and O–H groups in total. The summed E-state index contributed by atoms with van der Waals surface area (Å²) in [4.78, 5) is 60.0. The summed E-state index contributed by atoms with van der Waals surface area (Å²) in [6, 6.07) is 65.6. The van der Waals surface area contributed by atoms with Crippen molar-refractivity contribution in [3.63, 3.8) is 0 Å². The summed E-state index contributed by atoms with van der Waals surface area (Å²) in [7, 11) is 1.70. The number of likely N-dealkylation sites (tertiary alicyclic amines) is 5. The molecule has 5 aliphatic rings. The number of aromatic nitrogens is 10. The Kier molecular flexibility index (Phi) is 34.5. The van der Waals surface area contributed by atoms with Crippen LogP contribution in [-0.4, -0.2) is 177 Å². The Morgan fingerprint density at radius 2 is 0.511 bits per heavy atom. The number of methoxy groups -OCH3 is 1. The topological polar surface area (TPSA) is 214 Å². The van der Waals surface area contributed by atoms with E-state index in [1.54, 1.807) is 7.11 Å². The number of fused-ring (bicyclic) bond motifs is 5. The number of halogens is 3. The van der Waals surface area contributed by atoms with Crippen LogP contribution >= 0.6 is 34.8 Å². The molecule has 10 heterocycles. The van der Waals surface area contributed by atoms with Crippen LogP contribution in [0.15, 0.2) is 182 Å². The van der Waals surface area contributed by atoms with E-state index < -0.39 is 0 Å². The Bertz CT molecular complexity index is 6660. The number of anilines is 5. The standard InChI is InChI=1S/C24H30N4O.C24H30N4.3C23H27ClN4/c1-16-13-22-18(3)25-24(27-23(22)14-17(16)2)26-20-9-11-28(12-10-20)15-19-5-7-21(29-4)8-6-19;1-16-5-7-20(8-6-16)15-28-11-9-21(10-12-28)26-24-25-19(4)22-13-17(2)18(3)14-23(22)27-24;1-15-12-21-17(3)25-23(27-22(21)13-16(15)2)26-20-8-10-28(11-9-20)14-18-4-6-19(24)7-5-18;1-15-11-21-17(3)25-23(27-22(21)12-16(15)2)26-20-7-9-28(10-8-20)14-18-5-4-6-19(24)13-18;1-15-12-20-17(3)25-23(27-22(20)13-16(15)2)26-19-8-10-28(11-9-19)14-18-6-4-5-7-21(18)24/h5-8,13-14,20H,9-12,15H2,1-4H3,(H,25,26,27);5-8,13-14,21H,9-12,15H2,1-4H3,(H,25,26,27);4-7,12-13,20H,8-11,14H2,1-3H3,(H,25,26,27);4-6,11-13,20H,7-10,14H2,1-3H3,(H,25,26,27);4-7,12-13,19H,8-11,14H2,1-3H3,(H,25,26,27). The van der Waals surface area contributed by atoms with Crippen molar-refractivity contribution < 1.29 is 4.74 Å². The number of benzene rings is 10. The van der Waals surface area contributed by atoms with Crippen molar-refractivity contribution in [2.75, 3.05) is 99.1 Å². The van der Waals surface area contributed by atoms with Gasteiger partial charge in [0, 0.05) is 170 Å². The highest BCUT2D eigenvalue weighted by molar-refractivity contribution is 6.31. The number of piperidine rings is 5. The zero-order valence-electron chi connectivity index (χ0n) is 85.6. The molecule has 0 unspecified atom stereocenters. The number of ether oxygens (including phenoxy) is 1. The summed E-state index contributed by atoms with van der Waals surface area (Å²) in [6.07, 6.45) is 11.0. The molecule has 10 aromatic carbocycles. The molecule has 0 bridgehead atoms. The predicted molar refractivity (Wildman–Crippen MR) is 587 cm³/mol. The van der Waals surface area contributed by atoms with Crippen molar-refractivity contribution in [2.45, 2.75) is 238 Å². The lowest BCUT2D eigenvalue weighted by Gasteiger charge is -2.32. The van der Waals surface area contributed by atoms with Gasteiger partial charge in [-0.05, 0) is 362 Å². The minimum absolute atomic E-state index is 0.408. The second-order valence-electron chi connectivity index (χ2n) is 40.1. The molecule has 736 valence electrons. The van der Waals surface area contributed by atoms with E-state index in [9.17, 15) is 0 Å². The Morgan fingerprint density at radius 3 is 0.787 bits per heavy atom. The molecular formula is C117H141Cl3N20O. The predicted octanol–water partition coefficient (Wildman–Crippen LogP) is 25.4.